The van der Waals surface area contributed by atoms with Gasteiger partial charge in [0.25, 0.3) is 0 Å². The number of hydrogen-bond acceptors (Lipinski definition) is 3. The first-order chi connectivity index (χ1) is 9.20. The normalized spacial score (nSPS) is 10.7. The number of aromatic nitrogens is 3. The van der Waals surface area contributed by atoms with Gasteiger partial charge in [0.1, 0.15) is 11.6 Å². The molecule has 0 aliphatic carbocycles. The molecule has 1 aromatic carbocycles. The Kier molecular flexibility index (Phi) is 4.55. The Hall–Kier alpha value is -1.84. The molecular formula is C15H22N4. The number of rotatable bonds is 6. The lowest BCUT2D eigenvalue weighted by molar-refractivity contribution is 0.623. The van der Waals surface area contributed by atoms with Crippen LogP contribution in [-0.2, 0) is 13.0 Å². The molecule has 0 amide bonds. The first-order valence-electron chi connectivity index (χ1n) is 6.90. The fourth-order valence-electron chi connectivity index (χ4n) is 2.11. The average Bonchev–Trinajstić information content (AvgIpc) is 2.74. The number of nitrogens with zero attached hydrogens (tertiary/aromatic N) is 3. The van der Waals surface area contributed by atoms with Gasteiger partial charge < -0.3 is 9.88 Å². The predicted octanol–water partition coefficient (Wildman–Crippen LogP) is 2.96. The van der Waals surface area contributed by atoms with Gasteiger partial charge >= 0.3 is 0 Å². The number of aryl methyl sites for hydroxylation is 2. The molecule has 0 aliphatic rings. The molecule has 0 aliphatic heterocycles. The van der Waals surface area contributed by atoms with Crippen LogP contribution in [0.3, 0.4) is 0 Å². The lowest BCUT2D eigenvalue weighted by Crippen LogP contribution is -2.11. The maximum Gasteiger partial charge on any atom is 0.134 e. The van der Waals surface area contributed by atoms with Crippen molar-refractivity contribution in [2.45, 2.75) is 40.2 Å². The number of nitrogens with one attached hydrogen (secondary N) is 1. The van der Waals surface area contributed by atoms with Crippen molar-refractivity contribution < 1.29 is 0 Å². The van der Waals surface area contributed by atoms with Gasteiger partial charge in [-0.2, -0.15) is 0 Å². The summed E-state index contributed by atoms with van der Waals surface area (Å²) in [4.78, 5) is 0. The summed E-state index contributed by atoms with van der Waals surface area (Å²) in [5, 5.41) is 11.8. The van der Waals surface area contributed by atoms with Gasteiger partial charge in [-0.1, -0.05) is 24.6 Å². The summed E-state index contributed by atoms with van der Waals surface area (Å²) in [5.74, 6) is 2.08. The zero-order chi connectivity index (χ0) is 13.7. The Morgan fingerprint density at radius 2 is 1.84 bits per heavy atom. The Bertz CT molecular complexity index is 513. The molecule has 2 aromatic rings. The number of anilines is 1. The minimum absolute atomic E-state index is 0.880. The highest BCUT2D eigenvalue weighted by Crippen LogP contribution is 2.09. The van der Waals surface area contributed by atoms with Crippen molar-refractivity contribution in [3.63, 3.8) is 0 Å². The summed E-state index contributed by atoms with van der Waals surface area (Å²) in [6.07, 6.45) is 2.01. The molecule has 0 fully saturated rings. The highest BCUT2D eigenvalue weighted by atomic mass is 15.3. The van der Waals surface area contributed by atoms with E-state index in [9.17, 15) is 0 Å². The van der Waals surface area contributed by atoms with Gasteiger partial charge in [0, 0.05) is 25.2 Å². The van der Waals surface area contributed by atoms with Crippen LogP contribution in [0.2, 0.25) is 0 Å². The molecule has 0 saturated carbocycles. The summed E-state index contributed by atoms with van der Waals surface area (Å²) in [6, 6.07) is 8.45. The molecule has 0 saturated heterocycles. The van der Waals surface area contributed by atoms with E-state index < -0.39 is 0 Å². The first-order valence-corrected chi connectivity index (χ1v) is 6.90. The smallest absolute Gasteiger partial charge is 0.134 e. The van der Waals surface area contributed by atoms with Crippen molar-refractivity contribution in [1.29, 1.82) is 0 Å². The molecule has 102 valence electrons. The van der Waals surface area contributed by atoms with Crippen molar-refractivity contribution in [1.82, 2.24) is 14.8 Å². The fraction of sp³-hybridized carbons (Fsp3) is 0.467. The van der Waals surface area contributed by atoms with E-state index in [1.54, 1.807) is 0 Å². The Labute approximate surface area is 114 Å². The van der Waals surface area contributed by atoms with E-state index in [4.69, 9.17) is 0 Å². The van der Waals surface area contributed by atoms with E-state index in [0.717, 1.165) is 43.3 Å². The minimum Gasteiger partial charge on any atom is -0.385 e. The summed E-state index contributed by atoms with van der Waals surface area (Å²) in [5.41, 5.74) is 2.44. The van der Waals surface area contributed by atoms with Crippen LogP contribution < -0.4 is 5.32 Å². The second kappa shape index (κ2) is 6.36. The zero-order valence-corrected chi connectivity index (χ0v) is 12.0. The lowest BCUT2D eigenvalue weighted by Gasteiger charge is -2.09. The van der Waals surface area contributed by atoms with E-state index in [1.165, 1.54) is 5.56 Å². The van der Waals surface area contributed by atoms with E-state index in [0.29, 0.717) is 0 Å². The summed E-state index contributed by atoms with van der Waals surface area (Å²) in [6.45, 7) is 8.16. The average molecular weight is 258 g/mol. The van der Waals surface area contributed by atoms with Gasteiger partial charge in [-0.15, -0.1) is 10.2 Å². The van der Waals surface area contributed by atoms with Crippen LogP contribution in [0, 0.1) is 13.8 Å². The van der Waals surface area contributed by atoms with Gasteiger partial charge in [0.05, 0.1) is 0 Å². The Morgan fingerprint density at radius 3 is 2.53 bits per heavy atom. The molecule has 4 nitrogen and oxygen atoms in total. The summed E-state index contributed by atoms with van der Waals surface area (Å²) in [7, 11) is 0. The monoisotopic (exact) mass is 258 g/mol. The third kappa shape index (κ3) is 3.56. The maximum atomic E-state index is 4.25. The molecule has 0 spiro atoms. The van der Waals surface area contributed by atoms with Crippen molar-refractivity contribution in [2.24, 2.45) is 0 Å². The van der Waals surface area contributed by atoms with E-state index >= 15 is 0 Å². The Balaban J connectivity index is 1.90. The van der Waals surface area contributed by atoms with Gasteiger partial charge in [-0.05, 0) is 32.4 Å². The maximum absolute atomic E-state index is 4.25. The molecule has 1 heterocycles. The van der Waals surface area contributed by atoms with E-state index in [2.05, 4.69) is 58.2 Å². The van der Waals surface area contributed by atoms with Crippen molar-refractivity contribution >= 4 is 5.69 Å². The van der Waals surface area contributed by atoms with Crippen LogP contribution in [-0.4, -0.2) is 21.3 Å². The summed E-state index contributed by atoms with van der Waals surface area (Å²) < 4.78 is 2.21. The molecule has 0 atom stereocenters. The molecule has 4 heteroatoms. The van der Waals surface area contributed by atoms with Crippen LogP contribution in [0.4, 0.5) is 5.69 Å². The topological polar surface area (TPSA) is 42.7 Å². The summed E-state index contributed by atoms with van der Waals surface area (Å²) >= 11 is 0. The van der Waals surface area contributed by atoms with Crippen LogP contribution in [0.25, 0.3) is 0 Å². The Morgan fingerprint density at radius 1 is 1.11 bits per heavy atom. The third-order valence-electron chi connectivity index (χ3n) is 3.19. The molecule has 19 heavy (non-hydrogen) atoms. The largest absolute Gasteiger partial charge is 0.385 e. The minimum atomic E-state index is 0.880. The number of hydrogen-bond donors (Lipinski definition) is 1. The second-order valence-electron chi connectivity index (χ2n) is 4.86. The highest BCUT2D eigenvalue weighted by Gasteiger charge is 2.07. The van der Waals surface area contributed by atoms with Gasteiger partial charge in [0.15, 0.2) is 0 Å². The molecule has 0 bridgehead atoms. The lowest BCUT2D eigenvalue weighted by atomic mass is 10.2. The van der Waals surface area contributed by atoms with Crippen molar-refractivity contribution in [3.05, 3.63) is 41.5 Å². The first kappa shape index (κ1) is 13.6. The van der Waals surface area contributed by atoms with E-state index in [1.807, 2.05) is 6.92 Å². The highest BCUT2D eigenvalue weighted by molar-refractivity contribution is 5.44. The third-order valence-corrected chi connectivity index (χ3v) is 3.19. The molecule has 2 rings (SSSR count). The van der Waals surface area contributed by atoms with E-state index in [-0.39, 0.29) is 0 Å². The predicted molar refractivity (Wildman–Crippen MR) is 78.4 cm³/mol. The standard InChI is InChI=1S/C15H22N4/c1-4-11-19-13(3)17-18-15(19)9-10-16-14-7-5-12(2)6-8-14/h5-8,16H,4,9-11H2,1-3H3. The SMILES string of the molecule is CCCn1c(C)nnc1CCNc1ccc(C)cc1. The molecule has 1 aromatic heterocycles. The van der Waals surface area contributed by atoms with Crippen molar-refractivity contribution in [3.8, 4) is 0 Å². The number of benzene rings is 1. The van der Waals surface area contributed by atoms with Gasteiger partial charge in [0.2, 0.25) is 0 Å². The molecule has 1 N–H and O–H groups in total. The fourth-order valence-corrected chi connectivity index (χ4v) is 2.11. The van der Waals surface area contributed by atoms with Gasteiger partial charge in [-0.25, -0.2) is 0 Å². The van der Waals surface area contributed by atoms with Crippen LogP contribution >= 0.6 is 0 Å². The molecule has 0 radical (unpaired) electrons. The van der Waals surface area contributed by atoms with Crippen LogP contribution in [0.15, 0.2) is 24.3 Å². The van der Waals surface area contributed by atoms with Crippen LogP contribution in [0.5, 0.6) is 0 Å². The molecular weight excluding hydrogens is 236 g/mol. The van der Waals surface area contributed by atoms with Crippen molar-refractivity contribution in [2.75, 3.05) is 11.9 Å². The van der Waals surface area contributed by atoms with Crippen LogP contribution in [0.1, 0.15) is 30.6 Å². The van der Waals surface area contributed by atoms with Gasteiger partial charge in [-0.3, -0.25) is 0 Å². The quantitative estimate of drug-likeness (QED) is 0.866. The second-order valence-corrected chi connectivity index (χ2v) is 4.86. The molecule has 0 unspecified atom stereocenters. The zero-order valence-electron chi connectivity index (χ0n) is 12.0.